The third-order valence-electron chi connectivity index (χ3n) is 2.74. The van der Waals surface area contributed by atoms with Crippen molar-refractivity contribution >= 4 is 22.6 Å². The molecule has 0 aliphatic carbocycles. The van der Waals surface area contributed by atoms with Gasteiger partial charge in [-0.05, 0) is 23.8 Å². The lowest BCUT2D eigenvalue weighted by Crippen LogP contribution is -2.28. The maximum atomic E-state index is 11.0. The molecule has 4 heteroatoms. The minimum absolute atomic E-state index is 0.445. The largest absolute Gasteiger partial charge is 0.309 e. The maximum Gasteiger partial charge on any atom is 0.0357 e. The average molecular weight is 255 g/mol. The van der Waals surface area contributed by atoms with Crippen LogP contribution in [0.25, 0.3) is 0 Å². The number of nitrogens with one attached hydrogen (secondary N) is 1. The molecule has 16 heavy (non-hydrogen) atoms. The van der Waals surface area contributed by atoms with Crippen LogP contribution in [0.1, 0.15) is 18.0 Å². The zero-order valence-corrected chi connectivity index (χ0v) is 11.1. The van der Waals surface area contributed by atoms with Gasteiger partial charge in [0, 0.05) is 40.3 Å². The molecule has 1 aromatic carbocycles. The summed E-state index contributed by atoms with van der Waals surface area (Å²) in [6.45, 7) is 0.840. The molecule has 2 unspecified atom stereocenters. The lowest BCUT2D eigenvalue weighted by molar-refractivity contribution is 0.528. The van der Waals surface area contributed by atoms with E-state index in [9.17, 15) is 4.21 Å². The van der Waals surface area contributed by atoms with Gasteiger partial charge < -0.3 is 5.32 Å². The number of benzene rings is 1. The predicted molar refractivity (Wildman–Crippen MR) is 71.5 cm³/mol. The van der Waals surface area contributed by atoms with Gasteiger partial charge in [0.05, 0.1) is 0 Å². The summed E-state index contributed by atoms with van der Waals surface area (Å²) in [5, 5.41) is 3.50. The Morgan fingerprint density at radius 1 is 1.50 bits per heavy atom. The van der Waals surface area contributed by atoms with Gasteiger partial charge in [0.25, 0.3) is 0 Å². The highest BCUT2D eigenvalue weighted by atomic mass is 32.2. The van der Waals surface area contributed by atoms with Gasteiger partial charge in [0.15, 0.2) is 0 Å². The number of thioether (sulfide) groups is 1. The van der Waals surface area contributed by atoms with Crippen LogP contribution in [0.2, 0.25) is 0 Å². The minimum atomic E-state index is -0.695. The Morgan fingerprint density at radius 2 is 2.31 bits per heavy atom. The van der Waals surface area contributed by atoms with E-state index in [-0.39, 0.29) is 0 Å². The summed E-state index contributed by atoms with van der Waals surface area (Å²) in [5.41, 5.74) is 1.40. The van der Waals surface area contributed by atoms with Gasteiger partial charge in [-0.1, -0.05) is 18.2 Å². The smallest absolute Gasteiger partial charge is 0.0357 e. The average Bonchev–Trinajstić information content (AvgIpc) is 2.29. The normalized spacial score (nSPS) is 21.4. The molecule has 0 fully saturated rings. The fourth-order valence-corrected chi connectivity index (χ4v) is 3.46. The van der Waals surface area contributed by atoms with Crippen molar-refractivity contribution in [3.8, 4) is 0 Å². The van der Waals surface area contributed by atoms with Gasteiger partial charge in [0.2, 0.25) is 0 Å². The first-order valence-electron chi connectivity index (χ1n) is 5.52. The number of hydrogen-bond acceptors (Lipinski definition) is 3. The molecule has 2 nitrogen and oxygen atoms in total. The highest BCUT2D eigenvalue weighted by molar-refractivity contribution is 7.99. The second kappa shape index (κ2) is 5.84. The van der Waals surface area contributed by atoms with Crippen molar-refractivity contribution in [1.29, 1.82) is 0 Å². The molecule has 1 N–H and O–H groups in total. The molecule has 0 saturated heterocycles. The van der Waals surface area contributed by atoms with Gasteiger partial charge in [-0.25, -0.2) is 0 Å². The molecule has 0 aromatic heterocycles. The molecule has 0 amide bonds. The molecule has 0 spiro atoms. The van der Waals surface area contributed by atoms with E-state index < -0.39 is 10.8 Å². The van der Waals surface area contributed by atoms with Crippen molar-refractivity contribution in [2.45, 2.75) is 17.4 Å². The second-order valence-corrected chi connectivity index (χ2v) is 6.65. The van der Waals surface area contributed by atoms with Crippen LogP contribution in [-0.4, -0.2) is 28.5 Å². The molecule has 1 aromatic rings. The molecule has 1 heterocycles. The lowest BCUT2D eigenvalue weighted by Gasteiger charge is -2.25. The molecule has 0 bridgehead atoms. The van der Waals surface area contributed by atoms with Crippen LogP contribution in [0.3, 0.4) is 0 Å². The standard InChI is InChI=1S/C12H17NOS2/c1-16(14)9-7-13-11-6-8-15-12-5-3-2-4-10(11)12/h2-5,11,13H,6-9H2,1H3. The summed E-state index contributed by atoms with van der Waals surface area (Å²) in [4.78, 5) is 1.39. The third kappa shape index (κ3) is 3.09. The van der Waals surface area contributed by atoms with E-state index in [0.717, 1.165) is 18.7 Å². The van der Waals surface area contributed by atoms with E-state index in [0.29, 0.717) is 6.04 Å². The Morgan fingerprint density at radius 3 is 3.12 bits per heavy atom. The topological polar surface area (TPSA) is 29.1 Å². The molecule has 2 rings (SSSR count). The van der Waals surface area contributed by atoms with Gasteiger partial charge in [-0.3, -0.25) is 4.21 Å². The van der Waals surface area contributed by atoms with Crippen LogP contribution in [0.5, 0.6) is 0 Å². The van der Waals surface area contributed by atoms with Gasteiger partial charge in [-0.15, -0.1) is 11.8 Å². The molecule has 88 valence electrons. The molecular formula is C12H17NOS2. The van der Waals surface area contributed by atoms with Crippen molar-refractivity contribution in [2.24, 2.45) is 0 Å². The van der Waals surface area contributed by atoms with E-state index in [1.54, 1.807) is 6.26 Å². The van der Waals surface area contributed by atoms with Crippen LogP contribution >= 0.6 is 11.8 Å². The van der Waals surface area contributed by atoms with Crippen LogP contribution in [0.4, 0.5) is 0 Å². The molecular weight excluding hydrogens is 238 g/mol. The fraction of sp³-hybridized carbons (Fsp3) is 0.500. The van der Waals surface area contributed by atoms with E-state index in [4.69, 9.17) is 0 Å². The minimum Gasteiger partial charge on any atom is -0.309 e. The summed E-state index contributed by atoms with van der Waals surface area (Å²) in [6, 6.07) is 9.02. The summed E-state index contributed by atoms with van der Waals surface area (Å²) in [6.07, 6.45) is 2.92. The van der Waals surface area contributed by atoms with Crippen molar-refractivity contribution in [3.63, 3.8) is 0 Å². The highest BCUT2D eigenvalue weighted by Gasteiger charge is 2.19. The molecule has 0 saturated carbocycles. The van der Waals surface area contributed by atoms with E-state index in [2.05, 4.69) is 29.6 Å². The van der Waals surface area contributed by atoms with Gasteiger partial charge >= 0.3 is 0 Å². The SMILES string of the molecule is CS(=O)CCNC1CCSc2ccccc21. The monoisotopic (exact) mass is 255 g/mol. The summed E-state index contributed by atoms with van der Waals surface area (Å²) in [5.74, 6) is 1.91. The van der Waals surface area contributed by atoms with Crippen LogP contribution in [0, 0.1) is 0 Å². The number of fused-ring (bicyclic) bond motifs is 1. The van der Waals surface area contributed by atoms with Crippen molar-refractivity contribution in [3.05, 3.63) is 29.8 Å². The summed E-state index contributed by atoms with van der Waals surface area (Å²) in [7, 11) is -0.695. The highest BCUT2D eigenvalue weighted by Crippen LogP contribution is 2.35. The Balaban J connectivity index is 1.99. The Hall–Kier alpha value is -0.320. The van der Waals surface area contributed by atoms with Crippen molar-refractivity contribution in [1.82, 2.24) is 5.32 Å². The lowest BCUT2D eigenvalue weighted by atomic mass is 10.0. The quantitative estimate of drug-likeness (QED) is 0.894. The third-order valence-corrected chi connectivity index (χ3v) is 4.64. The van der Waals surface area contributed by atoms with Crippen molar-refractivity contribution in [2.75, 3.05) is 24.3 Å². The summed E-state index contributed by atoms with van der Waals surface area (Å²) >= 11 is 1.93. The van der Waals surface area contributed by atoms with Gasteiger partial charge in [-0.2, -0.15) is 0 Å². The first-order valence-corrected chi connectivity index (χ1v) is 8.24. The van der Waals surface area contributed by atoms with Crippen LogP contribution < -0.4 is 5.32 Å². The van der Waals surface area contributed by atoms with E-state index in [1.165, 1.54) is 16.2 Å². The zero-order chi connectivity index (χ0) is 11.4. The van der Waals surface area contributed by atoms with E-state index >= 15 is 0 Å². The number of rotatable bonds is 4. The fourth-order valence-electron chi connectivity index (χ4n) is 1.93. The Bertz CT molecular complexity index is 381. The molecule has 0 radical (unpaired) electrons. The van der Waals surface area contributed by atoms with E-state index in [1.807, 2.05) is 11.8 Å². The zero-order valence-electron chi connectivity index (χ0n) is 9.44. The van der Waals surface area contributed by atoms with Crippen LogP contribution in [0.15, 0.2) is 29.2 Å². The predicted octanol–water partition coefficient (Wildman–Crippen LogP) is 2.19. The Labute approximate surface area is 104 Å². The first kappa shape index (κ1) is 12.1. The van der Waals surface area contributed by atoms with Gasteiger partial charge in [0.1, 0.15) is 0 Å². The number of hydrogen-bond donors (Lipinski definition) is 1. The molecule has 1 aliphatic rings. The second-order valence-electron chi connectivity index (χ2n) is 3.96. The molecule has 1 aliphatic heterocycles. The van der Waals surface area contributed by atoms with Crippen molar-refractivity contribution < 1.29 is 4.21 Å². The Kier molecular flexibility index (Phi) is 4.44. The summed E-state index contributed by atoms with van der Waals surface area (Å²) < 4.78 is 11.0. The maximum absolute atomic E-state index is 11.0. The molecule has 2 atom stereocenters. The van der Waals surface area contributed by atoms with Crippen LogP contribution in [-0.2, 0) is 10.8 Å². The first-order chi connectivity index (χ1) is 7.77.